The fraction of sp³-hybridized carbons (Fsp3) is 0.375. The number of thiazole rings is 1. The van der Waals surface area contributed by atoms with Gasteiger partial charge in [-0.05, 0) is 25.3 Å². The van der Waals surface area contributed by atoms with Crippen molar-refractivity contribution >= 4 is 17.2 Å². The Morgan fingerprint density at radius 3 is 2.80 bits per heavy atom. The van der Waals surface area contributed by atoms with Crippen LogP contribution in [0.5, 0.6) is 0 Å². The maximum atomic E-state index is 11.6. The Kier molecular flexibility index (Phi) is 3.83. The van der Waals surface area contributed by atoms with Crippen LogP contribution in [-0.4, -0.2) is 10.9 Å². The molecule has 1 heterocycles. The summed E-state index contributed by atoms with van der Waals surface area (Å²) < 4.78 is 0. The number of carbonyl (C=O) groups is 1. The average molecular weight is 286 g/mol. The molecule has 0 unspecified atom stereocenters. The lowest BCUT2D eigenvalue weighted by molar-refractivity contribution is -0.122. The van der Waals surface area contributed by atoms with Crippen molar-refractivity contribution in [1.82, 2.24) is 10.3 Å². The van der Waals surface area contributed by atoms with Crippen LogP contribution in [0, 0.1) is 12.8 Å². The molecular formula is C16H18N2OS. The van der Waals surface area contributed by atoms with E-state index < -0.39 is 0 Å². The van der Waals surface area contributed by atoms with E-state index in [0.29, 0.717) is 6.54 Å². The number of amides is 1. The quantitative estimate of drug-likeness (QED) is 0.918. The van der Waals surface area contributed by atoms with Crippen LogP contribution in [0.2, 0.25) is 0 Å². The first-order valence-electron chi connectivity index (χ1n) is 6.99. The Balaban J connectivity index is 1.63. The van der Waals surface area contributed by atoms with E-state index in [0.717, 1.165) is 30.0 Å². The summed E-state index contributed by atoms with van der Waals surface area (Å²) in [5.74, 6) is 0.447. The van der Waals surface area contributed by atoms with Gasteiger partial charge in [-0.15, -0.1) is 11.3 Å². The lowest BCUT2D eigenvalue weighted by atomic mass is 10.1. The summed E-state index contributed by atoms with van der Waals surface area (Å²) in [4.78, 5) is 17.5. The minimum atomic E-state index is 0.183. The summed E-state index contributed by atoms with van der Waals surface area (Å²) >= 11 is 1.70. The largest absolute Gasteiger partial charge is 0.349 e. The molecule has 1 aromatic heterocycles. The van der Waals surface area contributed by atoms with Crippen LogP contribution in [0.1, 0.15) is 34.0 Å². The minimum Gasteiger partial charge on any atom is -0.349 e. The molecule has 0 spiro atoms. The number of hydrogen-bond donors (Lipinski definition) is 1. The summed E-state index contributed by atoms with van der Waals surface area (Å²) in [5.41, 5.74) is 2.38. The van der Waals surface area contributed by atoms with Crippen molar-refractivity contribution in [3.8, 4) is 0 Å². The van der Waals surface area contributed by atoms with E-state index >= 15 is 0 Å². The van der Waals surface area contributed by atoms with Gasteiger partial charge in [0.05, 0.1) is 12.2 Å². The molecule has 104 valence electrons. The molecule has 1 fully saturated rings. The van der Waals surface area contributed by atoms with Crippen LogP contribution < -0.4 is 5.32 Å². The Labute approximate surface area is 123 Å². The third kappa shape index (κ3) is 3.25. The molecule has 1 amide bonds. The fourth-order valence-corrected chi connectivity index (χ4v) is 3.21. The first kappa shape index (κ1) is 13.3. The summed E-state index contributed by atoms with van der Waals surface area (Å²) in [7, 11) is 0. The average Bonchev–Trinajstić information content (AvgIpc) is 3.24. The Morgan fingerprint density at radius 1 is 1.35 bits per heavy atom. The summed E-state index contributed by atoms with van der Waals surface area (Å²) in [5, 5.41) is 3.98. The van der Waals surface area contributed by atoms with Gasteiger partial charge in [-0.3, -0.25) is 4.79 Å². The summed E-state index contributed by atoms with van der Waals surface area (Å²) in [6.07, 6.45) is 3.00. The summed E-state index contributed by atoms with van der Waals surface area (Å²) in [6, 6.07) is 10.4. The van der Waals surface area contributed by atoms with E-state index in [1.165, 1.54) is 10.4 Å². The SMILES string of the molecule is Cc1nc(CNC(=O)C2CC2)sc1Cc1ccccc1. The first-order chi connectivity index (χ1) is 9.72. The maximum absolute atomic E-state index is 11.6. The number of nitrogens with zero attached hydrogens (tertiary/aromatic N) is 1. The zero-order chi connectivity index (χ0) is 13.9. The third-order valence-corrected chi connectivity index (χ3v) is 4.66. The molecule has 0 saturated heterocycles. The van der Waals surface area contributed by atoms with Gasteiger partial charge in [-0.1, -0.05) is 30.3 Å². The lowest BCUT2D eigenvalue weighted by Crippen LogP contribution is -2.23. The first-order valence-corrected chi connectivity index (χ1v) is 7.81. The van der Waals surface area contributed by atoms with Gasteiger partial charge in [0.2, 0.25) is 5.91 Å². The van der Waals surface area contributed by atoms with Crippen molar-refractivity contribution < 1.29 is 4.79 Å². The molecule has 1 N–H and O–H groups in total. The highest BCUT2D eigenvalue weighted by Gasteiger charge is 2.29. The lowest BCUT2D eigenvalue weighted by Gasteiger charge is -2.00. The molecule has 1 aliphatic rings. The number of hydrogen-bond acceptors (Lipinski definition) is 3. The van der Waals surface area contributed by atoms with Gasteiger partial charge < -0.3 is 5.32 Å². The number of carbonyl (C=O) groups excluding carboxylic acids is 1. The van der Waals surface area contributed by atoms with Crippen LogP contribution in [0.4, 0.5) is 0 Å². The number of aryl methyl sites for hydroxylation is 1. The Morgan fingerprint density at radius 2 is 2.10 bits per heavy atom. The molecule has 0 radical (unpaired) electrons. The van der Waals surface area contributed by atoms with Gasteiger partial charge in [0.25, 0.3) is 0 Å². The molecule has 3 nitrogen and oxygen atoms in total. The van der Waals surface area contributed by atoms with Crippen LogP contribution in [0.3, 0.4) is 0 Å². The fourth-order valence-electron chi connectivity index (χ4n) is 2.16. The molecule has 1 aliphatic carbocycles. The van der Waals surface area contributed by atoms with Gasteiger partial charge in [0, 0.05) is 17.2 Å². The van der Waals surface area contributed by atoms with E-state index in [4.69, 9.17) is 0 Å². The second-order valence-electron chi connectivity index (χ2n) is 5.27. The van der Waals surface area contributed by atoms with Crippen LogP contribution in [0.25, 0.3) is 0 Å². The number of rotatable bonds is 5. The van der Waals surface area contributed by atoms with Crippen molar-refractivity contribution in [2.75, 3.05) is 0 Å². The highest BCUT2D eigenvalue weighted by Crippen LogP contribution is 2.29. The zero-order valence-electron chi connectivity index (χ0n) is 11.6. The second-order valence-corrected chi connectivity index (χ2v) is 6.44. The molecule has 0 aliphatic heterocycles. The molecular weight excluding hydrogens is 268 g/mol. The van der Waals surface area contributed by atoms with E-state index in [1.54, 1.807) is 11.3 Å². The number of nitrogens with one attached hydrogen (secondary N) is 1. The molecule has 0 bridgehead atoms. The molecule has 20 heavy (non-hydrogen) atoms. The van der Waals surface area contributed by atoms with Crippen molar-refractivity contribution in [2.45, 2.75) is 32.7 Å². The van der Waals surface area contributed by atoms with E-state index in [-0.39, 0.29) is 11.8 Å². The maximum Gasteiger partial charge on any atom is 0.223 e. The zero-order valence-corrected chi connectivity index (χ0v) is 12.4. The third-order valence-electron chi connectivity index (χ3n) is 3.51. The predicted molar refractivity (Wildman–Crippen MR) is 80.7 cm³/mol. The van der Waals surface area contributed by atoms with Gasteiger partial charge in [0.15, 0.2) is 0 Å². The van der Waals surface area contributed by atoms with Crippen molar-refractivity contribution in [1.29, 1.82) is 0 Å². The monoisotopic (exact) mass is 286 g/mol. The molecule has 2 aromatic rings. The van der Waals surface area contributed by atoms with Gasteiger partial charge in [0.1, 0.15) is 5.01 Å². The van der Waals surface area contributed by atoms with Crippen LogP contribution in [-0.2, 0) is 17.8 Å². The normalized spacial score (nSPS) is 14.2. The van der Waals surface area contributed by atoms with Crippen molar-refractivity contribution in [2.24, 2.45) is 5.92 Å². The van der Waals surface area contributed by atoms with E-state index in [9.17, 15) is 4.79 Å². The topological polar surface area (TPSA) is 42.0 Å². The molecule has 1 saturated carbocycles. The number of aromatic nitrogens is 1. The van der Waals surface area contributed by atoms with E-state index in [1.807, 2.05) is 13.0 Å². The van der Waals surface area contributed by atoms with Crippen molar-refractivity contribution in [3.05, 3.63) is 51.5 Å². The predicted octanol–water partition coefficient (Wildman–Crippen LogP) is 3.07. The highest BCUT2D eigenvalue weighted by molar-refractivity contribution is 7.11. The van der Waals surface area contributed by atoms with Gasteiger partial charge in [-0.2, -0.15) is 0 Å². The van der Waals surface area contributed by atoms with Gasteiger partial charge in [-0.25, -0.2) is 4.98 Å². The second kappa shape index (κ2) is 5.75. The Bertz CT molecular complexity index is 602. The van der Waals surface area contributed by atoms with Crippen molar-refractivity contribution in [3.63, 3.8) is 0 Å². The van der Waals surface area contributed by atoms with Crippen LogP contribution in [0.15, 0.2) is 30.3 Å². The molecule has 4 heteroatoms. The molecule has 0 atom stereocenters. The number of benzene rings is 1. The van der Waals surface area contributed by atoms with E-state index in [2.05, 4.69) is 34.6 Å². The summed E-state index contributed by atoms with van der Waals surface area (Å²) in [6.45, 7) is 2.61. The standard InChI is InChI=1S/C16H18N2OS/c1-11-14(9-12-5-3-2-4-6-12)20-15(18-11)10-17-16(19)13-7-8-13/h2-6,13H,7-10H2,1H3,(H,17,19). The molecule has 3 rings (SSSR count). The van der Waals surface area contributed by atoms with Crippen LogP contribution >= 0.6 is 11.3 Å². The highest BCUT2D eigenvalue weighted by atomic mass is 32.1. The van der Waals surface area contributed by atoms with Gasteiger partial charge >= 0.3 is 0 Å². The minimum absolute atomic E-state index is 0.183. The molecule has 1 aromatic carbocycles. The smallest absolute Gasteiger partial charge is 0.223 e. The Hall–Kier alpha value is -1.68.